The average molecular weight is 873 g/mol. The highest BCUT2D eigenvalue weighted by molar-refractivity contribution is 6.99. The molecule has 4 aromatic carbocycles. The smallest absolute Gasteiger partial charge is 0.312 e. The zero-order valence-electron chi connectivity index (χ0n) is 37.4. The summed E-state index contributed by atoms with van der Waals surface area (Å²) >= 11 is 0. The minimum absolute atomic E-state index is 0.000844. The predicted octanol–water partition coefficient (Wildman–Crippen LogP) is 7.26. The summed E-state index contributed by atoms with van der Waals surface area (Å²) in [4.78, 5) is 0. The molecule has 1 unspecified atom stereocenters. The second kappa shape index (κ2) is 13.9. The SMILES string of the molecule is COc1ccc(C23OC[C@@]45[C@@H]6[C@@H]([C@@H](O)[C@H]7O[C@]74C[C@@H]([Si](C)(C)c4ccccc4)C[C@H]5O2)[C@@]2(O)CC[C@H](CO[Si](c4ccccc4)(c4ccccc4)C(C)(C)C)[C@@]2(C)C[C@H]6O3)cc1. The maximum atomic E-state index is 13.8. The monoisotopic (exact) mass is 872 g/mol. The quantitative estimate of drug-likeness (QED) is 0.134. The molecule has 328 valence electrons. The van der Waals surface area contributed by atoms with Crippen LogP contribution in [0.3, 0.4) is 0 Å². The normalized spacial score (nSPS) is 40.5. The van der Waals surface area contributed by atoms with Gasteiger partial charge in [-0.1, -0.05) is 137 Å². The molecule has 2 N–H and O–H groups in total. The molecule has 8 aliphatic rings. The van der Waals surface area contributed by atoms with E-state index in [-0.39, 0.29) is 29.1 Å². The summed E-state index contributed by atoms with van der Waals surface area (Å²) in [6.45, 7) is 15.0. The van der Waals surface area contributed by atoms with Gasteiger partial charge in [-0.25, -0.2) is 0 Å². The Hall–Kier alpha value is -3.17. The van der Waals surface area contributed by atoms with Crippen LogP contribution < -0.4 is 20.3 Å². The zero-order valence-corrected chi connectivity index (χ0v) is 39.4. The molecule has 4 aliphatic carbocycles. The van der Waals surface area contributed by atoms with Crippen molar-refractivity contribution in [3.63, 3.8) is 0 Å². The molecule has 2 bridgehead atoms. The first-order valence-electron chi connectivity index (χ1n) is 23.1. The topological polar surface area (TPSA) is 99.1 Å². The Balaban J connectivity index is 1.02. The van der Waals surface area contributed by atoms with E-state index in [9.17, 15) is 10.2 Å². The molecule has 62 heavy (non-hydrogen) atoms. The number of aliphatic hydroxyl groups is 2. The highest BCUT2D eigenvalue weighted by Gasteiger charge is 2.89. The molecule has 0 radical (unpaired) electrons. The molecule has 12 rings (SSSR count). The van der Waals surface area contributed by atoms with Crippen LogP contribution in [0.1, 0.15) is 65.4 Å². The van der Waals surface area contributed by atoms with Crippen molar-refractivity contribution in [3.05, 3.63) is 121 Å². The molecular weight excluding hydrogens is 809 g/mol. The Kier molecular flexibility index (Phi) is 9.33. The van der Waals surface area contributed by atoms with E-state index >= 15 is 0 Å². The standard InChI is InChI=1S/C52H64O8Si2/c1-47(2,3)62(38-19-13-9-14-20-38,39-21-15-10-16-22-39)57-32-35-27-28-50(54)44-43-41(31-48(35,50)4)58-52(34-23-25-36(55-5)26-24-34)56-33-49(43)42(59-52)29-40(30-51(49)46(60-51)45(44)53)61(6,7)37-17-11-8-12-18-37/h8-26,35,40-46,53-54H,27-33H2,1-7H3/t35-,40+,41-,42-,43+,44+,45-,46-,48-,49-,50+,51-,52?/m1/s1. The minimum atomic E-state index is -2.89. The van der Waals surface area contributed by atoms with Gasteiger partial charge >= 0.3 is 5.97 Å². The van der Waals surface area contributed by atoms with Crippen LogP contribution >= 0.6 is 0 Å². The number of benzene rings is 4. The molecule has 0 amide bonds. The fraction of sp³-hybridized carbons (Fsp3) is 0.538. The summed E-state index contributed by atoms with van der Waals surface area (Å²) in [7, 11) is -3.30. The third-order valence-corrected chi connectivity index (χ3v) is 27.5. The van der Waals surface area contributed by atoms with E-state index in [1.807, 2.05) is 24.3 Å². The largest absolute Gasteiger partial charge is 0.497 e. The molecule has 4 saturated carbocycles. The van der Waals surface area contributed by atoms with Crippen LogP contribution in [0.15, 0.2) is 115 Å². The van der Waals surface area contributed by atoms with E-state index in [1.54, 1.807) is 7.11 Å². The van der Waals surface area contributed by atoms with Crippen LogP contribution in [-0.2, 0) is 29.3 Å². The molecule has 2 spiro atoms. The average Bonchev–Trinajstić information content (AvgIpc) is 4.00. The van der Waals surface area contributed by atoms with Crippen molar-refractivity contribution in [2.75, 3.05) is 20.3 Å². The molecule has 10 heteroatoms. The lowest BCUT2D eigenvalue weighted by Gasteiger charge is -2.66. The van der Waals surface area contributed by atoms with Gasteiger partial charge in [0.15, 0.2) is 0 Å². The lowest BCUT2D eigenvalue weighted by molar-refractivity contribution is -0.446. The summed E-state index contributed by atoms with van der Waals surface area (Å²) < 4.78 is 42.5. The summed E-state index contributed by atoms with van der Waals surface area (Å²) in [5, 5.41) is 30.4. The number of epoxide rings is 1. The number of rotatable bonds is 9. The molecule has 4 heterocycles. The number of methoxy groups -OCH3 is 1. The zero-order chi connectivity index (χ0) is 43.1. The van der Waals surface area contributed by atoms with Gasteiger partial charge in [0.25, 0.3) is 8.32 Å². The van der Waals surface area contributed by atoms with Crippen molar-refractivity contribution in [2.45, 2.75) is 125 Å². The van der Waals surface area contributed by atoms with Gasteiger partial charge in [-0.3, -0.25) is 0 Å². The first kappa shape index (κ1) is 41.5. The lowest BCUT2D eigenvalue weighted by Crippen LogP contribution is -2.76. The van der Waals surface area contributed by atoms with E-state index in [4.69, 9.17) is 28.1 Å². The maximum Gasteiger partial charge on any atom is 0.312 e. The molecule has 8 nitrogen and oxygen atoms in total. The van der Waals surface area contributed by atoms with Crippen molar-refractivity contribution in [1.82, 2.24) is 0 Å². The van der Waals surface area contributed by atoms with Crippen molar-refractivity contribution >= 4 is 32.0 Å². The summed E-state index contributed by atoms with van der Waals surface area (Å²) in [6, 6.07) is 40.5. The molecule has 4 aromatic rings. The van der Waals surface area contributed by atoms with Crippen LogP contribution in [0.4, 0.5) is 0 Å². The van der Waals surface area contributed by atoms with Gasteiger partial charge in [-0.15, -0.1) is 0 Å². The van der Waals surface area contributed by atoms with Crippen LogP contribution in [0.5, 0.6) is 5.75 Å². The van der Waals surface area contributed by atoms with Gasteiger partial charge < -0.3 is 38.3 Å². The highest BCUT2D eigenvalue weighted by atomic mass is 28.4. The van der Waals surface area contributed by atoms with Gasteiger partial charge in [0, 0.05) is 29.4 Å². The first-order chi connectivity index (χ1) is 29.6. The number of aliphatic hydroxyl groups excluding tert-OH is 1. The number of hydrogen-bond donors (Lipinski definition) is 2. The van der Waals surface area contributed by atoms with Crippen molar-refractivity contribution < 1.29 is 38.3 Å². The fourth-order valence-electron chi connectivity index (χ4n) is 14.8. The van der Waals surface area contributed by atoms with Gasteiger partial charge in [0.05, 0.1) is 51.1 Å². The van der Waals surface area contributed by atoms with E-state index in [1.165, 1.54) is 15.6 Å². The predicted molar refractivity (Wildman–Crippen MR) is 244 cm³/mol. The van der Waals surface area contributed by atoms with Gasteiger partial charge in [-0.2, -0.15) is 0 Å². The first-order valence-corrected chi connectivity index (χ1v) is 28.1. The summed E-state index contributed by atoms with van der Waals surface area (Å²) in [5.74, 6) is -1.48. The van der Waals surface area contributed by atoms with E-state index in [2.05, 4.69) is 132 Å². The molecule has 4 aliphatic heterocycles. The lowest BCUT2D eigenvalue weighted by atomic mass is 9.41. The Labute approximate surface area is 369 Å². The molecule has 4 saturated heterocycles. The Morgan fingerprint density at radius 1 is 0.774 bits per heavy atom. The second-order valence-corrected chi connectivity index (χ2v) is 31.0. The molecule has 13 atom stereocenters. The number of hydrogen-bond acceptors (Lipinski definition) is 8. The van der Waals surface area contributed by atoms with Crippen LogP contribution in [0, 0.1) is 28.6 Å². The van der Waals surface area contributed by atoms with Crippen molar-refractivity contribution in [2.24, 2.45) is 28.6 Å². The van der Waals surface area contributed by atoms with Crippen LogP contribution in [0.25, 0.3) is 0 Å². The molecule has 8 fully saturated rings. The number of ether oxygens (including phenoxy) is 5. The van der Waals surface area contributed by atoms with Crippen molar-refractivity contribution in [3.8, 4) is 5.75 Å². The third kappa shape index (κ3) is 5.36. The minimum Gasteiger partial charge on any atom is -0.497 e. The summed E-state index contributed by atoms with van der Waals surface area (Å²) in [6.07, 6.45) is 1.67. The third-order valence-electron chi connectivity index (χ3n) is 18.2. The van der Waals surface area contributed by atoms with Gasteiger partial charge in [0.1, 0.15) is 17.5 Å². The fourth-order valence-corrected chi connectivity index (χ4v) is 22.6. The Bertz CT molecular complexity index is 2270. The van der Waals surface area contributed by atoms with Crippen LogP contribution in [-0.4, -0.2) is 82.5 Å². The second-order valence-electron chi connectivity index (χ2n) is 21.8. The van der Waals surface area contributed by atoms with Gasteiger partial charge in [0.2, 0.25) is 0 Å². The summed E-state index contributed by atoms with van der Waals surface area (Å²) in [5.41, 5.74) is -2.00. The maximum absolute atomic E-state index is 13.8. The van der Waals surface area contributed by atoms with E-state index < -0.39 is 62.5 Å². The van der Waals surface area contributed by atoms with E-state index in [0.29, 0.717) is 31.6 Å². The Morgan fingerprint density at radius 3 is 1.98 bits per heavy atom. The molecular formula is C52H64O8Si2. The number of fused-ring (bicyclic) bond motifs is 3. The van der Waals surface area contributed by atoms with Gasteiger partial charge in [-0.05, 0) is 83.2 Å². The molecule has 0 aromatic heterocycles. The van der Waals surface area contributed by atoms with Crippen molar-refractivity contribution in [1.29, 1.82) is 0 Å². The highest BCUT2D eigenvalue weighted by Crippen LogP contribution is 2.79. The van der Waals surface area contributed by atoms with Crippen LogP contribution in [0.2, 0.25) is 23.7 Å². The van der Waals surface area contributed by atoms with E-state index in [0.717, 1.165) is 30.6 Å². The Morgan fingerprint density at radius 2 is 1.39 bits per heavy atom.